The van der Waals surface area contributed by atoms with Gasteiger partial charge in [-0.15, -0.1) is 5.10 Å². The van der Waals surface area contributed by atoms with Crippen molar-refractivity contribution in [3.8, 4) is 5.69 Å². The van der Waals surface area contributed by atoms with E-state index >= 15 is 0 Å². The Balaban J connectivity index is 1.57. The minimum atomic E-state index is -0.152. The van der Waals surface area contributed by atoms with E-state index in [1.54, 1.807) is 23.0 Å². The maximum absolute atomic E-state index is 12.5. The van der Waals surface area contributed by atoms with Crippen LogP contribution in [0.1, 0.15) is 21.5 Å². The highest BCUT2D eigenvalue weighted by molar-refractivity contribution is 6.04. The second-order valence-corrected chi connectivity index (χ2v) is 6.15. The lowest BCUT2D eigenvalue weighted by atomic mass is 10.1. The van der Waals surface area contributed by atoms with Crippen LogP contribution in [0.4, 0.5) is 5.69 Å². The molecule has 128 valence electrons. The maximum Gasteiger partial charge on any atom is 0.255 e. The summed E-state index contributed by atoms with van der Waals surface area (Å²) in [6, 6.07) is 16.7. The molecule has 2 aromatic heterocycles. The number of rotatable bonds is 3. The summed E-state index contributed by atoms with van der Waals surface area (Å²) in [5.41, 5.74) is 5.90. The van der Waals surface area contributed by atoms with Gasteiger partial charge in [0.15, 0.2) is 5.65 Å². The van der Waals surface area contributed by atoms with Crippen molar-refractivity contribution >= 4 is 22.8 Å². The Hall–Kier alpha value is -3.54. The number of anilines is 1. The molecular weight excluding hydrogens is 326 g/mol. The number of carbonyl (C=O) groups is 1. The first-order valence-corrected chi connectivity index (χ1v) is 8.27. The lowest BCUT2D eigenvalue weighted by Gasteiger charge is -2.08. The number of nitrogens with one attached hydrogen (secondary N) is 1. The normalized spacial score (nSPS) is 10.8. The number of aryl methyl sites for hydroxylation is 2. The minimum absolute atomic E-state index is 0.152. The van der Waals surface area contributed by atoms with Crippen molar-refractivity contribution in [2.75, 3.05) is 5.32 Å². The molecular formula is C20H17N5O. The van der Waals surface area contributed by atoms with Gasteiger partial charge in [-0.2, -0.15) is 4.68 Å². The molecule has 0 unspecified atom stereocenters. The number of amides is 1. The van der Waals surface area contributed by atoms with Crippen molar-refractivity contribution in [1.29, 1.82) is 0 Å². The lowest BCUT2D eigenvalue weighted by Crippen LogP contribution is -2.12. The van der Waals surface area contributed by atoms with Crippen LogP contribution in [-0.2, 0) is 0 Å². The summed E-state index contributed by atoms with van der Waals surface area (Å²) < 4.78 is 1.65. The van der Waals surface area contributed by atoms with Crippen LogP contribution in [0.15, 0.2) is 60.8 Å². The number of fused-ring (bicyclic) bond motifs is 1. The Bertz CT molecular complexity index is 1100. The molecule has 0 aliphatic rings. The molecule has 0 saturated carbocycles. The topological polar surface area (TPSA) is 72.7 Å². The van der Waals surface area contributed by atoms with Crippen molar-refractivity contribution in [3.05, 3.63) is 77.5 Å². The molecule has 0 aliphatic heterocycles. The number of nitrogens with zero attached hydrogens (tertiary/aromatic N) is 4. The Labute approximate surface area is 150 Å². The van der Waals surface area contributed by atoms with E-state index in [4.69, 9.17) is 0 Å². The summed E-state index contributed by atoms with van der Waals surface area (Å²) >= 11 is 0. The van der Waals surface area contributed by atoms with Gasteiger partial charge in [0.25, 0.3) is 5.91 Å². The summed E-state index contributed by atoms with van der Waals surface area (Å²) in [4.78, 5) is 16.8. The third-order valence-corrected chi connectivity index (χ3v) is 4.35. The summed E-state index contributed by atoms with van der Waals surface area (Å²) in [7, 11) is 0. The average molecular weight is 343 g/mol. The van der Waals surface area contributed by atoms with E-state index in [0.717, 1.165) is 22.5 Å². The first-order chi connectivity index (χ1) is 12.6. The van der Waals surface area contributed by atoms with Gasteiger partial charge in [0.05, 0.1) is 5.69 Å². The summed E-state index contributed by atoms with van der Waals surface area (Å²) in [5.74, 6) is -0.152. The number of hydrogen-bond acceptors (Lipinski definition) is 4. The van der Waals surface area contributed by atoms with E-state index < -0.39 is 0 Å². The number of aromatic nitrogens is 4. The quantitative estimate of drug-likeness (QED) is 0.616. The molecule has 0 radical (unpaired) electrons. The molecule has 4 rings (SSSR count). The molecule has 0 fully saturated rings. The smallest absolute Gasteiger partial charge is 0.255 e. The van der Waals surface area contributed by atoms with Crippen molar-refractivity contribution in [1.82, 2.24) is 20.0 Å². The van der Waals surface area contributed by atoms with Gasteiger partial charge >= 0.3 is 0 Å². The predicted octanol–water partition coefficient (Wildman–Crippen LogP) is 3.68. The highest BCUT2D eigenvalue weighted by Crippen LogP contribution is 2.17. The first kappa shape index (κ1) is 16.0. The summed E-state index contributed by atoms with van der Waals surface area (Å²) in [6.45, 7) is 4.07. The van der Waals surface area contributed by atoms with Crippen LogP contribution in [0.3, 0.4) is 0 Å². The summed E-state index contributed by atoms with van der Waals surface area (Å²) in [5, 5.41) is 11.1. The average Bonchev–Trinajstić information content (AvgIpc) is 3.09. The van der Waals surface area contributed by atoms with E-state index in [-0.39, 0.29) is 5.91 Å². The second kappa shape index (κ2) is 6.40. The van der Waals surface area contributed by atoms with E-state index in [1.807, 2.05) is 56.3 Å². The molecule has 0 spiro atoms. The minimum Gasteiger partial charge on any atom is -0.322 e. The summed E-state index contributed by atoms with van der Waals surface area (Å²) in [6.07, 6.45) is 1.70. The molecule has 0 aliphatic carbocycles. The monoisotopic (exact) mass is 343 g/mol. The molecule has 0 bridgehead atoms. The van der Waals surface area contributed by atoms with E-state index in [2.05, 4.69) is 20.6 Å². The third-order valence-electron chi connectivity index (χ3n) is 4.35. The van der Waals surface area contributed by atoms with Gasteiger partial charge in [0.1, 0.15) is 5.52 Å². The van der Waals surface area contributed by atoms with Gasteiger partial charge in [-0.25, -0.2) is 4.98 Å². The van der Waals surface area contributed by atoms with E-state index in [0.29, 0.717) is 11.2 Å². The molecule has 1 amide bonds. The maximum atomic E-state index is 12.5. The van der Waals surface area contributed by atoms with Gasteiger partial charge in [0, 0.05) is 17.4 Å². The van der Waals surface area contributed by atoms with Gasteiger partial charge in [0.2, 0.25) is 0 Å². The third kappa shape index (κ3) is 2.93. The van der Waals surface area contributed by atoms with Crippen LogP contribution in [0, 0.1) is 13.8 Å². The Morgan fingerprint density at radius 1 is 1.00 bits per heavy atom. The van der Waals surface area contributed by atoms with Crippen LogP contribution < -0.4 is 5.32 Å². The van der Waals surface area contributed by atoms with E-state index in [1.165, 1.54) is 5.56 Å². The fourth-order valence-electron chi connectivity index (χ4n) is 2.72. The highest BCUT2D eigenvalue weighted by Gasteiger charge is 2.10. The Morgan fingerprint density at radius 3 is 2.58 bits per heavy atom. The number of pyridine rings is 1. The zero-order chi connectivity index (χ0) is 18.1. The Morgan fingerprint density at radius 2 is 1.81 bits per heavy atom. The van der Waals surface area contributed by atoms with Crippen LogP contribution >= 0.6 is 0 Å². The molecule has 26 heavy (non-hydrogen) atoms. The van der Waals surface area contributed by atoms with Crippen molar-refractivity contribution in [2.45, 2.75) is 13.8 Å². The SMILES string of the molecule is Cc1ccc(NC(=O)c2ccc(-n3nnc4cccnc43)cc2)cc1C. The standard InChI is InChI=1S/C20H17N5O/c1-13-5-8-16(12-14(13)2)22-20(26)15-6-9-17(10-7-15)25-19-18(23-24-25)4-3-11-21-19/h3-12H,1-2H3,(H,22,26). The van der Waals surface area contributed by atoms with Gasteiger partial charge in [-0.05, 0) is 73.5 Å². The molecule has 6 heteroatoms. The fourth-order valence-corrected chi connectivity index (χ4v) is 2.72. The van der Waals surface area contributed by atoms with Crippen LogP contribution in [0.25, 0.3) is 16.9 Å². The Kier molecular flexibility index (Phi) is 3.93. The first-order valence-electron chi connectivity index (χ1n) is 8.27. The predicted molar refractivity (Wildman–Crippen MR) is 101 cm³/mol. The van der Waals surface area contributed by atoms with Crippen LogP contribution in [0.5, 0.6) is 0 Å². The molecule has 0 atom stereocenters. The molecule has 1 N–H and O–H groups in total. The largest absolute Gasteiger partial charge is 0.322 e. The van der Waals surface area contributed by atoms with Gasteiger partial charge < -0.3 is 5.32 Å². The zero-order valence-electron chi connectivity index (χ0n) is 14.5. The number of benzene rings is 2. The second-order valence-electron chi connectivity index (χ2n) is 6.15. The molecule has 0 saturated heterocycles. The molecule has 2 aromatic carbocycles. The van der Waals surface area contributed by atoms with Crippen molar-refractivity contribution in [3.63, 3.8) is 0 Å². The lowest BCUT2D eigenvalue weighted by molar-refractivity contribution is 0.102. The number of carbonyl (C=O) groups excluding carboxylic acids is 1. The van der Waals surface area contributed by atoms with Crippen LogP contribution in [-0.4, -0.2) is 25.9 Å². The number of hydrogen-bond donors (Lipinski definition) is 1. The fraction of sp³-hybridized carbons (Fsp3) is 0.100. The van der Waals surface area contributed by atoms with Gasteiger partial charge in [-0.1, -0.05) is 11.3 Å². The van der Waals surface area contributed by atoms with Gasteiger partial charge in [-0.3, -0.25) is 4.79 Å². The zero-order valence-corrected chi connectivity index (χ0v) is 14.5. The molecule has 2 heterocycles. The molecule has 4 aromatic rings. The van der Waals surface area contributed by atoms with Crippen molar-refractivity contribution in [2.24, 2.45) is 0 Å². The van der Waals surface area contributed by atoms with Crippen molar-refractivity contribution < 1.29 is 4.79 Å². The van der Waals surface area contributed by atoms with E-state index in [9.17, 15) is 4.79 Å². The van der Waals surface area contributed by atoms with Crippen LogP contribution in [0.2, 0.25) is 0 Å². The molecule has 6 nitrogen and oxygen atoms in total. The highest BCUT2D eigenvalue weighted by atomic mass is 16.1.